The third-order valence-corrected chi connectivity index (χ3v) is 5.44. The first kappa shape index (κ1) is 21.1. The number of benzene rings is 4. The van der Waals surface area contributed by atoms with Crippen molar-refractivity contribution in [3.05, 3.63) is 115 Å². The number of carbonyl (C=O) groups excluding carboxylic acids is 1. The third-order valence-electron chi connectivity index (χ3n) is 5.44. The van der Waals surface area contributed by atoms with Crippen LogP contribution in [-0.4, -0.2) is 20.9 Å². The molecule has 0 unspecified atom stereocenters. The minimum atomic E-state index is -0.439. The van der Waals surface area contributed by atoms with Gasteiger partial charge < -0.3 is 11.1 Å². The van der Waals surface area contributed by atoms with Crippen LogP contribution in [0.2, 0.25) is 0 Å². The van der Waals surface area contributed by atoms with E-state index in [1.54, 1.807) is 35.1 Å². The molecule has 0 bridgehead atoms. The van der Waals surface area contributed by atoms with Crippen molar-refractivity contribution in [2.45, 2.75) is 0 Å². The molecular formula is C27H20FN5O. The van der Waals surface area contributed by atoms with Gasteiger partial charge in [-0.1, -0.05) is 71.9 Å². The van der Waals surface area contributed by atoms with E-state index in [4.69, 9.17) is 5.73 Å². The lowest BCUT2D eigenvalue weighted by Gasteiger charge is -2.10. The average Bonchev–Trinajstić information content (AvgIpc) is 3.37. The predicted octanol–water partition coefficient (Wildman–Crippen LogP) is 5.57. The maximum Gasteiger partial charge on any atom is 0.277 e. The lowest BCUT2D eigenvalue weighted by Crippen LogP contribution is -2.13. The van der Waals surface area contributed by atoms with E-state index in [1.807, 2.05) is 60.7 Å². The van der Waals surface area contributed by atoms with Crippen LogP contribution in [0.5, 0.6) is 0 Å². The summed E-state index contributed by atoms with van der Waals surface area (Å²) in [5.41, 5.74) is 11.5. The summed E-state index contributed by atoms with van der Waals surface area (Å²) >= 11 is 0. The smallest absolute Gasteiger partial charge is 0.277 e. The van der Waals surface area contributed by atoms with E-state index in [2.05, 4.69) is 15.6 Å². The van der Waals surface area contributed by atoms with Crippen LogP contribution >= 0.6 is 0 Å². The Balaban J connectivity index is 1.41. The first-order chi connectivity index (χ1) is 16.6. The number of rotatable bonds is 5. The highest BCUT2D eigenvalue weighted by atomic mass is 19.1. The lowest BCUT2D eigenvalue weighted by atomic mass is 10.0. The van der Waals surface area contributed by atoms with Gasteiger partial charge in [0.05, 0.1) is 23.3 Å². The standard InChI is InChI=1S/C27H20FN5O/c28-21-13-10-18(11-14-21)20-12-15-23(29)24(16-20)30-27(34)25-17-33(32-31-25)26-9-5-4-8-22(26)19-6-2-1-3-7-19/h1-17H,29H2,(H,30,34). The van der Waals surface area contributed by atoms with Gasteiger partial charge in [-0.15, -0.1) is 5.10 Å². The van der Waals surface area contributed by atoms with Crippen molar-refractivity contribution in [1.82, 2.24) is 15.0 Å². The van der Waals surface area contributed by atoms with Gasteiger partial charge in [0, 0.05) is 5.56 Å². The van der Waals surface area contributed by atoms with Crippen LogP contribution in [0.15, 0.2) is 103 Å². The van der Waals surface area contributed by atoms with Crippen molar-refractivity contribution in [3.63, 3.8) is 0 Å². The fourth-order valence-corrected chi connectivity index (χ4v) is 3.69. The number of nitrogens with one attached hydrogen (secondary N) is 1. The maximum atomic E-state index is 13.3. The molecule has 0 spiro atoms. The molecule has 4 aromatic carbocycles. The molecule has 0 atom stereocenters. The van der Waals surface area contributed by atoms with Crippen molar-refractivity contribution in [3.8, 4) is 27.9 Å². The van der Waals surface area contributed by atoms with Crippen molar-refractivity contribution in [2.24, 2.45) is 0 Å². The fourth-order valence-electron chi connectivity index (χ4n) is 3.69. The zero-order chi connectivity index (χ0) is 23.5. The summed E-state index contributed by atoms with van der Waals surface area (Å²) in [7, 11) is 0. The van der Waals surface area contributed by atoms with Crippen LogP contribution in [-0.2, 0) is 0 Å². The Morgan fingerprint density at radius 1 is 0.824 bits per heavy atom. The number of nitrogens with two attached hydrogens (primary N) is 1. The Morgan fingerprint density at radius 3 is 2.32 bits per heavy atom. The number of hydrogen-bond donors (Lipinski definition) is 2. The number of nitrogens with zero attached hydrogens (tertiary/aromatic N) is 3. The molecule has 5 rings (SSSR count). The molecule has 0 saturated heterocycles. The molecule has 166 valence electrons. The number of para-hydroxylation sites is 1. The van der Waals surface area contributed by atoms with Gasteiger partial charge in [-0.2, -0.15) is 0 Å². The lowest BCUT2D eigenvalue weighted by molar-refractivity contribution is 0.102. The Bertz CT molecular complexity index is 1460. The summed E-state index contributed by atoms with van der Waals surface area (Å²) in [5.74, 6) is -0.754. The van der Waals surface area contributed by atoms with Crippen molar-refractivity contribution in [1.29, 1.82) is 0 Å². The van der Waals surface area contributed by atoms with Crippen LogP contribution in [0.25, 0.3) is 27.9 Å². The highest BCUT2D eigenvalue weighted by molar-refractivity contribution is 6.04. The molecule has 7 heteroatoms. The normalized spacial score (nSPS) is 10.7. The van der Waals surface area contributed by atoms with E-state index in [0.29, 0.717) is 11.4 Å². The summed E-state index contributed by atoms with van der Waals surface area (Å²) < 4.78 is 14.8. The van der Waals surface area contributed by atoms with Gasteiger partial charge in [0.15, 0.2) is 5.69 Å². The molecule has 34 heavy (non-hydrogen) atoms. The molecule has 1 amide bonds. The first-order valence-corrected chi connectivity index (χ1v) is 10.6. The fraction of sp³-hybridized carbons (Fsp3) is 0. The molecule has 6 nitrogen and oxygen atoms in total. The Morgan fingerprint density at radius 2 is 1.53 bits per heavy atom. The molecular weight excluding hydrogens is 429 g/mol. The monoisotopic (exact) mass is 449 g/mol. The molecule has 0 saturated carbocycles. The van der Waals surface area contributed by atoms with Crippen LogP contribution in [0, 0.1) is 5.82 Å². The quantitative estimate of drug-likeness (QED) is 0.343. The molecule has 0 fully saturated rings. The number of amides is 1. The molecule has 1 aromatic heterocycles. The van der Waals surface area contributed by atoms with E-state index in [-0.39, 0.29) is 11.5 Å². The predicted molar refractivity (Wildman–Crippen MR) is 131 cm³/mol. The average molecular weight is 449 g/mol. The van der Waals surface area contributed by atoms with E-state index in [1.165, 1.54) is 12.1 Å². The molecule has 0 aliphatic heterocycles. The van der Waals surface area contributed by atoms with Gasteiger partial charge in [-0.05, 0) is 47.0 Å². The van der Waals surface area contributed by atoms with Gasteiger partial charge in [-0.25, -0.2) is 9.07 Å². The van der Waals surface area contributed by atoms with E-state index in [0.717, 1.165) is 27.9 Å². The number of nitrogen functional groups attached to an aromatic ring is 1. The number of halogens is 1. The van der Waals surface area contributed by atoms with Crippen molar-refractivity contribution < 1.29 is 9.18 Å². The molecule has 0 radical (unpaired) electrons. The number of anilines is 2. The SMILES string of the molecule is Nc1ccc(-c2ccc(F)cc2)cc1NC(=O)c1cn(-c2ccccc2-c2ccccc2)nn1. The first-order valence-electron chi connectivity index (χ1n) is 10.6. The van der Waals surface area contributed by atoms with Crippen LogP contribution in [0.3, 0.4) is 0 Å². The van der Waals surface area contributed by atoms with E-state index < -0.39 is 5.91 Å². The Hall–Kier alpha value is -4.78. The number of carbonyl (C=O) groups is 1. The second-order valence-corrected chi connectivity index (χ2v) is 7.69. The molecule has 0 aliphatic rings. The summed E-state index contributed by atoms with van der Waals surface area (Å²) in [4.78, 5) is 12.9. The van der Waals surface area contributed by atoms with Crippen molar-refractivity contribution in [2.75, 3.05) is 11.1 Å². The second kappa shape index (κ2) is 8.99. The molecule has 0 aliphatic carbocycles. The largest absolute Gasteiger partial charge is 0.397 e. The Kier molecular flexibility index (Phi) is 5.58. The van der Waals surface area contributed by atoms with E-state index in [9.17, 15) is 9.18 Å². The minimum Gasteiger partial charge on any atom is -0.397 e. The zero-order valence-corrected chi connectivity index (χ0v) is 18.0. The van der Waals surface area contributed by atoms with Crippen LogP contribution < -0.4 is 11.1 Å². The summed E-state index contributed by atoms with van der Waals surface area (Å²) in [6.45, 7) is 0. The zero-order valence-electron chi connectivity index (χ0n) is 18.0. The highest BCUT2D eigenvalue weighted by Gasteiger charge is 2.15. The summed E-state index contributed by atoms with van der Waals surface area (Å²) in [6.07, 6.45) is 1.58. The van der Waals surface area contributed by atoms with Gasteiger partial charge in [0.1, 0.15) is 5.82 Å². The third kappa shape index (κ3) is 4.27. The van der Waals surface area contributed by atoms with Crippen LogP contribution in [0.1, 0.15) is 10.5 Å². The van der Waals surface area contributed by atoms with E-state index >= 15 is 0 Å². The summed E-state index contributed by atoms with van der Waals surface area (Å²) in [6, 6.07) is 29.1. The second-order valence-electron chi connectivity index (χ2n) is 7.69. The summed E-state index contributed by atoms with van der Waals surface area (Å²) in [5, 5.41) is 11.0. The van der Waals surface area contributed by atoms with Gasteiger partial charge in [-0.3, -0.25) is 4.79 Å². The van der Waals surface area contributed by atoms with Crippen molar-refractivity contribution >= 4 is 17.3 Å². The highest BCUT2D eigenvalue weighted by Crippen LogP contribution is 2.29. The number of aromatic nitrogens is 3. The van der Waals surface area contributed by atoms with Gasteiger partial charge >= 0.3 is 0 Å². The maximum absolute atomic E-state index is 13.3. The Labute approximate surface area is 195 Å². The minimum absolute atomic E-state index is 0.148. The topological polar surface area (TPSA) is 85.8 Å². The van der Waals surface area contributed by atoms with Gasteiger partial charge in [0.25, 0.3) is 5.91 Å². The number of hydrogen-bond acceptors (Lipinski definition) is 4. The molecule has 1 heterocycles. The van der Waals surface area contributed by atoms with Gasteiger partial charge in [0.2, 0.25) is 0 Å². The van der Waals surface area contributed by atoms with Crippen LogP contribution in [0.4, 0.5) is 15.8 Å². The molecule has 3 N–H and O–H groups in total. The molecule has 5 aromatic rings.